The fourth-order valence-electron chi connectivity index (χ4n) is 3.18. The van der Waals surface area contributed by atoms with Gasteiger partial charge < -0.3 is 9.59 Å². The molecule has 0 radical (unpaired) electrons. The summed E-state index contributed by atoms with van der Waals surface area (Å²) in [5.74, 6) is -0.472. The van der Waals surface area contributed by atoms with Crippen LogP contribution in [-0.2, 0) is 4.79 Å². The molecule has 0 bridgehead atoms. The number of rotatable bonds is 19. The lowest BCUT2D eigenvalue weighted by Gasteiger charge is -2.26. The summed E-state index contributed by atoms with van der Waals surface area (Å²) in [4.78, 5) is 11.9. The van der Waals surface area contributed by atoms with Gasteiger partial charge in [0.15, 0.2) is 5.52 Å². The molecule has 0 spiro atoms. The highest BCUT2D eigenvalue weighted by molar-refractivity contribution is 7.58. The molecule has 0 aliphatic heterocycles. The van der Waals surface area contributed by atoms with E-state index in [0.717, 1.165) is 12.8 Å². The average molecular weight is 401 g/mol. The number of hydrogen-bond donors (Lipinski definition) is 1. The molecule has 27 heavy (non-hydrogen) atoms. The predicted molar refractivity (Wildman–Crippen MR) is 122 cm³/mol. The second kappa shape index (κ2) is 17.8. The Kier molecular flexibility index (Phi) is 17.7. The normalized spacial score (nSPS) is 13.8. The maximum atomic E-state index is 11.9. The monoisotopic (exact) mass is 400 g/mol. The molecular weight excluding hydrogens is 353 g/mol. The van der Waals surface area contributed by atoms with Crippen molar-refractivity contribution < 1.29 is 14.4 Å². The van der Waals surface area contributed by atoms with Gasteiger partial charge in [-0.05, 0) is 40.7 Å². The molecule has 0 aromatic rings. The van der Waals surface area contributed by atoms with Crippen LogP contribution in [0.25, 0.3) is 0 Å². The highest BCUT2D eigenvalue weighted by atomic mass is 31.1. The van der Waals surface area contributed by atoms with Gasteiger partial charge in [0.25, 0.3) is 0 Å². The predicted octanol–water partition coefficient (Wildman–Crippen LogP) is 6.25. The Bertz CT molecular complexity index is 377. The number of likely N-dealkylation sites (N-methyl/N-ethyl adjacent to an activating group) is 1. The van der Waals surface area contributed by atoms with Gasteiger partial charge in [-0.15, -0.1) is 0 Å². The van der Waals surface area contributed by atoms with Gasteiger partial charge in [-0.2, -0.15) is 0 Å². The van der Waals surface area contributed by atoms with Crippen LogP contribution in [-0.4, -0.2) is 48.6 Å². The van der Waals surface area contributed by atoms with Crippen LogP contribution in [0.1, 0.15) is 96.8 Å². The lowest BCUT2D eigenvalue weighted by Crippen LogP contribution is -2.40. The zero-order valence-electron chi connectivity index (χ0n) is 18.6. The molecule has 160 valence electrons. The molecule has 4 heteroatoms. The first-order valence-corrected chi connectivity index (χ1v) is 12.4. The summed E-state index contributed by atoms with van der Waals surface area (Å²) in [5.41, 5.74) is 0.244. The number of carbonyl (C=O) groups excluding carboxylic acids is 1. The smallest absolute Gasteiger partial charge is 0.154 e. The third-order valence-electron chi connectivity index (χ3n) is 4.71. The third-order valence-corrected chi connectivity index (χ3v) is 5.80. The first kappa shape index (κ1) is 26.8. The van der Waals surface area contributed by atoms with Crippen LogP contribution in [0.3, 0.4) is 0 Å². The van der Waals surface area contributed by atoms with Gasteiger partial charge in [-0.3, -0.25) is 4.79 Å². The van der Waals surface area contributed by atoms with E-state index in [1.165, 1.54) is 70.6 Å². The number of unbranched alkanes of at least 4 members (excludes halogenated alkanes) is 11. The largest absolute Gasteiger partial charge is 0.383 e. The first-order valence-electron chi connectivity index (χ1n) is 11.3. The minimum atomic E-state index is -0.472. The van der Waals surface area contributed by atoms with Crippen molar-refractivity contribution in [3.8, 4) is 0 Å². The number of quaternary nitrogens is 1. The van der Waals surface area contributed by atoms with Crippen LogP contribution < -0.4 is 0 Å². The molecule has 0 aromatic carbocycles. The number of carbonyl (C=O) groups is 1. The molecular formula is C23H47NO2P+. The van der Waals surface area contributed by atoms with E-state index in [4.69, 9.17) is 0 Å². The van der Waals surface area contributed by atoms with Crippen LogP contribution >= 0.6 is 8.58 Å². The molecule has 0 rings (SSSR count). The Morgan fingerprint density at radius 3 is 1.85 bits per heavy atom. The molecule has 2 atom stereocenters. The molecule has 0 saturated heterocycles. The third kappa shape index (κ3) is 21.9. The zero-order chi connectivity index (χ0) is 20.4. The van der Waals surface area contributed by atoms with Gasteiger partial charge >= 0.3 is 0 Å². The Labute approximate surface area is 171 Å². The Morgan fingerprint density at radius 2 is 1.33 bits per heavy atom. The Morgan fingerprint density at radius 1 is 0.852 bits per heavy atom. The van der Waals surface area contributed by atoms with Crippen molar-refractivity contribution in [3.63, 3.8) is 0 Å². The van der Waals surface area contributed by atoms with Crippen LogP contribution in [0.4, 0.5) is 0 Å². The molecule has 1 N–H and O–H groups in total. The zero-order valence-corrected chi connectivity index (χ0v) is 19.6. The van der Waals surface area contributed by atoms with Crippen LogP contribution in [0, 0.1) is 0 Å². The van der Waals surface area contributed by atoms with Gasteiger partial charge in [0, 0.05) is 6.42 Å². The van der Waals surface area contributed by atoms with Crippen molar-refractivity contribution >= 4 is 14.1 Å². The summed E-state index contributed by atoms with van der Waals surface area (Å²) in [7, 11) is 6.19. The summed E-state index contributed by atoms with van der Waals surface area (Å²) in [5, 5.41) is 9.95. The molecule has 0 aliphatic rings. The van der Waals surface area contributed by atoms with E-state index in [1.54, 1.807) is 0 Å². The van der Waals surface area contributed by atoms with Gasteiger partial charge in [0.2, 0.25) is 0 Å². The van der Waals surface area contributed by atoms with Gasteiger partial charge in [0.1, 0.15) is 12.4 Å². The average Bonchev–Trinajstić information content (AvgIpc) is 2.56. The first-order chi connectivity index (χ1) is 12.8. The van der Waals surface area contributed by atoms with Crippen molar-refractivity contribution in [1.82, 2.24) is 0 Å². The molecule has 0 aromatic heterocycles. The van der Waals surface area contributed by atoms with E-state index >= 15 is 0 Å². The summed E-state index contributed by atoms with van der Waals surface area (Å²) in [6, 6.07) is 0. The van der Waals surface area contributed by atoms with E-state index in [2.05, 4.69) is 19.1 Å². The lowest BCUT2D eigenvalue weighted by atomic mass is 10.1. The molecule has 0 aliphatic carbocycles. The highest BCUT2D eigenvalue weighted by Gasteiger charge is 2.18. The quantitative estimate of drug-likeness (QED) is 0.120. The number of aliphatic hydroxyl groups excluding tert-OH is 1. The summed E-state index contributed by atoms with van der Waals surface area (Å²) >= 11 is 0. The van der Waals surface area contributed by atoms with Crippen molar-refractivity contribution in [3.05, 3.63) is 12.2 Å². The lowest BCUT2D eigenvalue weighted by molar-refractivity contribution is -0.871. The number of allylic oxidation sites excluding steroid dienone is 2. The molecule has 3 nitrogen and oxygen atoms in total. The SMILES string of the molecule is CCCCCCCC/C=C\CCCCCCCC(=O)PC(O)C[N+](C)(C)C. The van der Waals surface area contributed by atoms with E-state index in [9.17, 15) is 9.90 Å². The van der Waals surface area contributed by atoms with Crippen molar-refractivity contribution in [2.24, 2.45) is 0 Å². The second-order valence-corrected chi connectivity index (χ2v) is 10.4. The van der Waals surface area contributed by atoms with E-state index < -0.39 is 5.85 Å². The fraction of sp³-hybridized carbons (Fsp3) is 0.870. The van der Waals surface area contributed by atoms with E-state index in [-0.39, 0.29) is 14.1 Å². The molecule has 0 amide bonds. The Hall–Kier alpha value is -0.240. The topological polar surface area (TPSA) is 37.3 Å². The maximum Gasteiger partial charge on any atom is 0.154 e. The number of aliphatic hydroxyl groups is 1. The standard InChI is InChI=1S/C23H47NO2P/c1-5-6-7-8-9-10-11-12-13-14-15-16-17-18-19-20-22(25)27-23(26)21-24(2,3)4/h12-13,23,26-27H,5-11,14-21H2,1-4H3/q+1/b13-12-. The van der Waals surface area contributed by atoms with Crippen LogP contribution in [0.5, 0.6) is 0 Å². The van der Waals surface area contributed by atoms with Crippen LogP contribution in [0.15, 0.2) is 12.2 Å². The van der Waals surface area contributed by atoms with Crippen molar-refractivity contribution in [2.75, 3.05) is 27.7 Å². The molecule has 0 heterocycles. The van der Waals surface area contributed by atoms with Gasteiger partial charge in [-0.1, -0.05) is 70.4 Å². The van der Waals surface area contributed by atoms with E-state index in [1.807, 2.05) is 21.1 Å². The van der Waals surface area contributed by atoms with E-state index in [0.29, 0.717) is 17.4 Å². The molecule has 2 unspecified atom stereocenters. The van der Waals surface area contributed by atoms with Gasteiger partial charge in [-0.25, -0.2) is 0 Å². The maximum absolute atomic E-state index is 11.9. The Balaban J connectivity index is 3.37. The van der Waals surface area contributed by atoms with Gasteiger partial charge in [0.05, 0.1) is 21.1 Å². The minimum Gasteiger partial charge on any atom is -0.383 e. The fourth-order valence-corrected chi connectivity index (χ4v) is 4.51. The summed E-state index contributed by atoms with van der Waals surface area (Å²) in [6.07, 6.45) is 22.0. The van der Waals surface area contributed by atoms with Crippen LogP contribution in [0.2, 0.25) is 0 Å². The summed E-state index contributed by atoms with van der Waals surface area (Å²) in [6.45, 7) is 2.92. The van der Waals surface area contributed by atoms with Crippen molar-refractivity contribution in [1.29, 1.82) is 0 Å². The molecule has 0 fully saturated rings. The molecule has 0 saturated carbocycles. The van der Waals surface area contributed by atoms with Crippen molar-refractivity contribution in [2.45, 2.75) is 103 Å². The highest BCUT2D eigenvalue weighted by Crippen LogP contribution is 2.23. The summed E-state index contributed by atoms with van der Waals surface area (Å²) < 4.78 is 0.703. The minimum absolute atomic E-state index is 0.0562. The number of hydrogen-bond acceptors (Lipinski definition) is 2. The number of nitrogens with zero attached hydrogens (tertiary/aromatic N) is 1. The second-order valence-electron chi connectivity index (χ2n) is 8.89.